The number of hydrogen-bond acceptors (Lipinski definition) is 4. The van der Waals surface area contributed by atoms with E-state index in [4.69, 9.17) is 16.9 Å². The zero-order chi connectivity index (χ0) is 21.1. The predicted molar refractivity (Wildman–Crippen MR) is 112 cm³/mol. The first-order chi connectivity index (χ1) is 14.3. The van der Waals surface area contributed by atoms with E-state index in [1.807, 2.05) is 6.07 Å². The quantitative estimate of drug-likeness (QED) is 0.765. The number of nitrogens with one attached hydrogen (secondary N) is 1. The number of nitrogens with zero attached hydrogens (tertiary/aromatic N) is 2. The third-order valence-corrected chi connectivity index (χ3v) is 10.2. The molecule has 1 aromatic rings. The molecule has 4 aliphatic carbocycles. The maximum absolute atomic E-state index is 13.3. The lowest BCUT2D eigenvalue weighted by molar-refractivity contribution is -0.134. The van der Waals surface area contributed by atoms with Gasteiger partial charge in [0.15, 0.2) is 0 Å². The van der Waals surface area contributed by atoms with Crippen LogP contribution in [0.2, 0.25) is 5.02 Å². The van der Waals surface area contributed by atoms with E-state index in [1.54, 1.807) is 0 Å². The van der Waals surface area contributed by atoms with Gasteiger partial charge in [0.25, 0.3) is 0 Å². The molecule has 3 unspecified atom stereocenters. The molecule has 5 aliphatic rings. The van der Waals surface area contributed by atoms with E-state index in [0.717, 1.165) is 6.42 Å². The Balaban J connectivity index is 1.35. The van der Waals surface area contributed by atoms with Crippen LogP contribution in [0, 0.1) is 28.6 Å². The van der Waals surface area contributed by atoms with Gasteiger partial charge >= 0.3 is 0 Å². The number of halogens is 1. The van der Waals surface area contributed by atoms with Crippen LogP contribution in [0.4, 0.5) is 0 Å². The van der Waals surface area contributed by atoms with Crippen molar-refractivity contribution in [1.29, 1.82) is 5.26 Å². The molecule has 6 nitrogen and oxygen atoms in total. The molecule has 1 aliphatic heterocycles. The van der Waals surface area contributed by atoms with Gasteiger partial charge in [-0.05, 0) is 80.4 Å². The molecular formula is C22H26ClN3O3S. The summed E-state index contributed by atoms with van der Waals surface area (Å²) < 4.78 is 27.9. The van der Waals surface area contributed by atoms with Gasteiger partial charge in [0.1, 0.15) is 10.9 Å². The zero-order valence-corrected chi connectivity index (χ0v) is 18.4. The molecule has 30 heavy (non-hydrogen) atoms. The minimum atomic E-state index is -3.92. The Morgan fingerprint density at radius 2 is 1.97 bits per heavy atom. The van der Waals surface area contributed by atoms with E-state index in [-0.39, 0.29) is 21.9 Å². The summed E-state index contributed by atoms with van der Waals surface area (Å²) in [6.45, 7) is 0.303. The Morgan fingerprint density at radius 1 is 1.20 bits per heavy atom. The molecule has 1 aromatic carbocycles. The first-order valence-electron chi connectivity index (χ1n) is 10.8. The minimum absolute atomic E-state index is 0.0143. The molecule has 4 saturated carbocycles. The van der Waals surface area contributed by atoms with Crippen molar-refractivity contribution in [3.63, 3.8) is 0 Å². The molecule has 3 bridgehead atoms. The number of hydrogen-bond donors (Lipinski definition) is 1. The van der Waals surface area contributed by atoms with E-state index in [1.165, 1.54) is 54.6 Å². The average molecular weight is 448 g/mol. The predicted octanol–water partition coefficient (Wildman–Crippen LogP) is 3.45. The smallest absolute Gasteiger partial charge is 0.245 e. The number of carbonyl (C=O) groups excluding carboxylic acids is 1. The van der Waals surface area contributed by atoms with Gasteiger partial charge in [-0.2, -0.15) is 9.57 Å². The van der Waals surface area contributed by atoms with Crippen LogP contribution in [0.1, 0.15) is 56.9 Å². The van der Waals surface area contributed by atoms with E-state index < -0.39 is 16.1 Å². The van der Waals surface area contributed by atoms with Crippen LogP contribution in [0.5, 0.6) is 0 Å². The molecule has 0 radical (unpaired) electrons. The standard InChI is InChI=1S/C22H26ClN3O3S/c23-17-9-14(13-24)5-6-19(17)30(28,29)26-8-2-4-18(26)21(27)25-20-15-3-1-7-22(10-15)11-16(20)12-22/h5-6,9,15-16,18,20H,1-4,7-8,10-12H2,(H,25,27). The first kappa shape index (κ1) is 20.3. The molecule has 1 spiro atoms. The van der Waals surface area contributed by atoms with Crippen molar-refractivity contribution < 1.29 is 13.2 Å². The average Bonchev–Trinajstić information content (AvgIpc) is 3.20. The molecule has 1 saturated heterocycles. The SMILES string of the molecule is N#Cc1ccc(S(=O)(=O)N2CCCC2C(=O)NC2C3CCCC4(C3)CC2C4)c(Cl)c1. The van der Waals surface area contributed by atoms with E-state index in [0.29, 0.717) is 42.2 Å². The monoisotopic (exact) mass is 447 g/mol. The van der Waals surface area contributed by atoms with Crippen molar-refractivity contribution >= 4 is 27.5 Å². The number of benzene rings is 1. The van der Waals surface area contributed by atoms with Crippen LogP contribution in [0.3, 0.4) is 0 Å². The fraction of sp³-hybridized carbons (Fsp3) is 0.636. The number of amides is 1. The van der Waals surface area contributed by atoms with Crippen molar-refractivity contribution in [3.05, 3.63) is 28.8 Å². The van der Waals surface area contributed by atoms with Crippen LogP contribution >= 0.6 is 11.6 Å². The Morgan fingerprint density at radius 3 is 2.70 bits per heavy atom. The molecule has 8 heteroatoms. The lowest BCUT2D eigenvalue weighted by atomic mass is 9.45. The van der Waals surface area contributed by atoms with Gasteiger partial charge in [0.05, 0.1) is 16.7 Å². The first-order valence-corrected chi connectivity index (χ1v) is 12.7. The second-order valence-electron chi connectivity index (χ2n) is 9.59. The summed E-state index contributed by atoms with van der Waals surface area (Å²) in [5.74, 6) is 0.915. The summed E-state index contributed by atoms with van der Waals surface area (Å²) in [5, 5.41) is 12.3. The highest BCUT2D eigenvalue weighted by atomic mass is 35.5. The molecule has 3 atom stereocenters. The van der Waals surface area contributed by atoms with E-state index in [9.17, 15) is 13.2 Å². The fourth-order valence-corrected chi connectivity index (χ4v) is 8.74. The van der Waals surface area contributed by atoms with Crippen LogP contribution in [0.25, 0.3) is 0 Å². The van der Waals surface area contributed by atoms with Crippen LogP contribution in [-0.2, 0) is 14.8 Å². The molecule has 1 N–H and O–H groups in total. The Labute approximate surface area is 182 Å². The molecule has 6 rings (SSSR count). The van der Waals surface area contributed by atoms with Gasteiger partial charge in [-0.3, -0.25) is 4.79 Å². The van der Waals surface area contributed by atoms with Crippen molar-refractivity contribution in [2.75, 3.05) is 6.54 Å². The number of sulfonamides is 1. The molecule has 1 amide bonds. The van der Waals surface area contributed by atoms with Gasteiger partial charge in [-0.1, -0.05) is 18.0 Å². The van der Waals surface area contributed by atoms with Crippen molar-refractivity contribution in [1.82, 2.24) is 9.62 Å². The molecule has 160 valence electrons. The third-order valence-electron chi connectivity index (χ3n) is 7.85. The Hall–Kier alpha value is -1.62. The summed E-state index contributed by atoms with van der Waals surface area (Å²) in [7, 11) is -3.92. The molecule has 0 aromatic heterocycles. The van der Waals surface area contributed by atoms with Crippen molar-refractivity contribution in [3.8, 4) is 6.07 Å². The van der Waals surface area contributed by atoms with Gasteiger partial charge in [0, 0.05) is 12.6 Å². The zero-order valence-electron chi connectivity index (χ0n) is 16.8. The highest BCUT2D eigenvalue weighted by Crippen LogP contribution is 2.63. The van der Waals surface area contributed by atoms with E-state index in [2.05, 4.69) is 5.32 Å². The summed E-state index contributed by atoms with van der Waals surface area (Å²) >= 11 is 6.18. The molecular weight excluding hydrogens is 422 g/mol. The molecule has 1 heterocycles. The lowest BCUT2D eigenvalue weighted by Crippen LogP contribution is -2.62. The van der Waals surface area contributed by atoms with Gasteiger partial charge in [-0.25, -0.2) is 8.42 Å². The highest BCUT2D eigenvalue weighted by Gasteiger charge is 2.57. The number of rotatable bonds is 4. The third kappa shape index (κ3) is 3.16. The number of carbonyl (C=O) groups is 1. The maximum atomic E-state index is 13.3. The van der Waals surface area contributed by atoms with Crippen LogP contribution < -0.4 is 5.32 Å². The fourth-order valence-electron chi connectivity index (χ4n) is 6.56. The normalized spacial score (nSPS) is 35.3. The second kappa shape index (κ2) is 7.22. The Bertz CT molecular complexity index is 1030. The van der Waals surface area contributed by atoms with Gasteiger partial charge in [-0.15, -0.1) is 0 Å². The largest absolute Gasteiger partial charge is 0.351 e. The highest BCUT2D eigenvalue weighted by molar-refractivity contribution is 7.89. The number of nitriles is 1. The summed E-state index contributed by atoms with van der Waals surface area (Å²) in [6.07, 6.45) is 8.53. The minimum Gasteiger partial charge on any atom is -0.351 e. The van der Waals surface area contributed by atoms with E-state index >= 15 is 0 Å². The van der Waals surface area contributed by atoms with Crippen LogP contribution in [0.15, 0.2) is 23.1 Å². The summed E-state index contributed by atoms with van der Waals surface area (Å²) in [4.78, 5) is 13.2. The summed E-state index contributed by atoms with van der Waals surface area (Å²) in [5.41, 5.74) is 0.847. The topological polar surface area (TPSA) is 90.3 Å². The van der Waals surface area contributed by atoms with Crippen LogP contribution in [-0.4, -0.2) is 37.3 Å². The second-order valence-corrected chi connectivity index (χ2v) is 11.9. The van der Waals surface area contributed by atoms with Crippen molar-refractivity contribution in [2.45, 2.75) is 68.3 Å². The van der Waals surface area contributed by atoms with Crippen molar-refractivity contribution in [2.24, 2.45) is 17.3 Å². The Kier molecular flexibility index (Phi) is 4.88. The molecule has 5 fully saturated rings. The summed E-state index contributed by atoms with van der Waals surface area (Å²) in [6, 6.07) is 5.60. The maximum Gasteiger partial charge on any atom is 0.245 e. The van der Waals surface area contributed by atoms with Gasteiger partial charge < -0.3 is 5.32 Å². The lowest BCUT2D eigenvalue weighted by Gasteiger charge is -2.62. The van der Waals surface area contributed by atoms with Gasteiger partial charge in [0.2, 0.25) is 15.9 Å².